The number of aromatic nitrogens is 6. The molecule has 1 aromatic carbocycles. The molecule has 0 spiro atoms. The molecule has 2 atom stereocenters. The third kappa shape index (κ3) is 4.29. The Kier molecular flexibility index (Phi) is 5.52. The molecule has 3 aromatic heterocycles. The molecule has 0 N–H and O–H groups in total. The Hall–Kier alpha value is -4.01. The molecule has 1 amide bonds. The van der Waals surface area contributed by atoms with Crippen LogP contribution in [0.4, 0.5) is 4.79 Å². The monoisotopic (exact) mass is 469 g/mol. The van der Waals surface area contributed by atoms with Gasteiger partial charge in [0.15, 0.2) is 5.82 Å². The molecule has 2 aliphatic rings. The third-order valence-corrected chi connectivity index (χ3v) is 6.97. The SMILES string of the molecule is Cn1cc(-c2cccc(-c3ncc(-c4cnn([C@H]5CCC[C@@H](N6CCOC6=O)C5)c4)cn3)c2)cn1. The zero-order valence-corrected chi connectivity index (χ0v) is 19.6. The number of nitrogens with zero attached hydrogens (tertiary/aromatic N) is 7. The van der Waals surface area contributed by atoms with Gasteiger partial charge in [-0.15, -0.1) is 0 Å². The normalized spacial score (nSPS) is 20.3. The first-order valence-electron chi connectivity index (χ1n) is 12.0. The Labute approximate surface area is 203 Å². The number of carbonyl (C=O) groups excluding carboxylic acids is 1. The molecule has 9 nitrogen and oxygen atoms in total. The summed E-state index contributed by atoms with van der Waals surface area (Å²) in [5.41, 5.74) is 5.02. The second-order valence-corrected chi connectivity index (χ2v) is 9.27. The quantitative estimate of drug-likeness (QED) is 0.432. The van der Waals surface area contributed by atoms with Gasteiger partial charge in [-0.1, -0.05) is 18.2 Å². The number of benzene rings is 1. The summed E-state index contributed by atoms with van der Waals surface area (Å²) in [6, 6.07) is 8.67. The molecule has 4 aromatic rings. The second-order valence-electron chi connectivity index (χ2n) is 9.27. The van der Waals surface area contributed by atoms with Crippen molar-refractivity contribution in [1.29, 1.82) is 0 Å². The van der Waals surface area contributed by atoms with Crippen molar-refractivity contribution >= 4 is 6.09 Å². The van der Waals surface area contributed by atoms with Crippen molar-refractivity contribution in [2.45, 2.75) is 37.8 Å². The zero-order chi connectivity index (χ0) is 23.8. The van der Waals surface area contributed by atoms with Crippen LogP contribution in [0.25, 0.3) is 33.6 Å². The molecule has 6 rings (SSSR count). The number of ether oxygens (including phenoxy) is 1. The van der Waals surface area contributed by atoms with Crippen LogP contribution in [0.1, 0.15) is 31.7 Å². The van der Waals surface area contributed by atoms with Crippen molar-refractivity contribution < 1.29 is 9.53 Å². The zero-order valence-electron chi connectivity index (χ0n) is 19.6. The lowest BCUT2D eigenvalue weighted by molar-refractivity contribution is 0.129. The summed E-state index contributed by atoms with van der Waals surface area (Å²) in [5, 5.41) is 8.90. The van der Waals surface area contributed by atoms with E-state index in [2.05, 4.69) is 38.5 Å². The minimum atomic E-state index is -0.181. The van der Waals surface area contributed by atoms with Crippen LogP contribution in [-0.4, -0.2) is 59.7 Å². The summed E-state index contributed by atoms with van der Waals surface area (Å²) >= 11 is 0. The molecule has 0 radical (unpaired) electrons. The predicted molar refractivity (Wildman–Crippen MR) is 130 cm³/mol. The van der Waals surface area contributed by atoms with Gasteiger partial charge < -0.3 is 9.64 Å². The lowest BCUT2D eigenvalue weighted by Crippen LogP contribution is -2.39. The van der Waals surface area contributed by atoms with Gasteiger partial charge in [0, 0.05) is 60.1 Å². The van der Waals surface area contributed by atoms with E-state index in [0.717, 1.165) is 53.5 Å². The van der Waals surface area contributed by atoms with Gasteiger partial charge in [-0.25, -0.2) is 14.8 Å². The van der Waals surface area contributed by atoms with Crippen molar-refractivity contribution in [3.63, 3.8) is 0 Å². The van der Waals surface area contributed by atoms with Crippen molar-refractivity contribution in [2.24, 2.45) is 7.05 Å². The molecule has 1 saturated heterocycles. The summed E-state index contributed by atoms with van der Waals surface area (Å²) in [5.74, 6) is 0.680. The number of hydrogen-bond acceptors (Lipinski definition) is 6. The largest absolute Gasteiger partial charge is 0.448 e. The van der Waals surface area contributed by atoms with Crippen LogP contribution >= 0.6 is 0 Å². The highest BCUT2D eigenvalue weighted by molar-refractivity contribution is 5.70. The molecule has 9 heteroatoms. The number of hydrogen-bond donors (Lipinski definition) is 0. The second kappa shape index (κ2) is 8.98. The first-order valence-corrected chi connectivity index (χ1v) is 12.0. The van der Waals surface area contributed by atoms with Crippen molar-refractivity contribution in [3.05, 3.63) is 61.4 Å². The van der Waals surface area contributed by atoms with Crippen molar-refractivity contribution in [2.75, 3.05) is 13.2 Å². The lowest BCUT2D eigenvalue weighted by Gasteiger charge is -2.33. The van der Waals surface area contributed by atoms with E-state index in [0.29, 0.717) is 19.0 Å². The van der Waals surface area contributed by atoms with Crippen LogP contribution in [-0.2, 0) is 11.8 Å². The maximum absolute atomic E-state index is 12.0. The Morgan fingerprint density at radius 3 is 2.43 bits per heavy atom. The van der Waals surface area contributed by atoms with Crippen LogP contribution in [0.3, 0.4) is 0 Å². The Balaban J connectivity index is 1.17. The van der Waals surface area contributed by atoms with E-state index in [1.165, 1.54) is 0 Å². The van der Waals surface area contributed by atoms with Crippen LogP contribution < -0.4 is 0 Å². The van der Waals surface area contributed by atoms with Crippen LogP contribution in [0.15, 0.2) is 61.4 Å². The minimum absolute atomic E-state index is 0.181. The average Bonchev–Trinajstić information content (AvgIpc) is 3.66. The summed E-state index contributed by atoms with van der Waals surface area (Å²) in [6.45, 7) is 1.19. The van der Waals surface area contributed by atoms with E-state index in [4.69, 9.17) is 4.74 Å². The lowest BCUT2D eigenvalue weighted by atomic mass is 9.90. The van der Waals surface area contributed by atoms with E-state index in [1.54, 1.807) is 4.68 Å². The highest BCUT2D eigenvalue weighted by atomic mass is 16.6. The molecule has 0 unspecified atom stereocenters. The third-order valence-electron chi connectivity index (χ3n) is 6.97. The van der Waals surface area contributed by atoms with Gasteiger partial charge in [0.2, 0.25) is 0 Å². The van der Waals surface area contributed by atoms with Gasteiger partial charge in [0.05, 0.1) is 25.0 Å². The van der Waals surface area contributed by atoms with Gasteiger partial charge in [-0.05, 0) is 37.3 Å². The fraction of sp³-hybridized carbons (Fsp3) is 0.346. The fourth-order valence-corrected chi connectivity index (χ4v) is 5.12. The molecule has 1 saturated carbocycles. The molecular formula is C26H27N7O2. The number of amides is 1. The van der Waals surface area contributed by atoms with Gasteiger partial charge in [-0.3, -0.25) is 9.36 Å². The summed E-state index contributed by atoms with van der Waals surface area (Å²) in [7, 11) is 1.91. The van der Waals surface area contributed by atoms with Crippen molar-refractivity contribution in [1.82, 2.24) is 34.4 Å². The van der Waals surface area contributed by atoms with Gasteiger partial charge in [-0.2, -0.15) is 10.2 Å². The van der Waals surface area contributed by atoms with Crippen molar-refractivity contribution in [3.8, 4) is 33.6 Å². The van der Waals surface area contributed by atoms with Crippen LogP contribution in [0, 0.1) is 0 Å². The Morgan fingerprint density at radius 1 is 0.886 bits per heavy atom. The number of aryl methyl sites for hydroxylation is 1. The van der Waals surface area contributed by atoms with Gasteiger partial charge in [0.1, 0.15) is 6.61 Å². The van der Waals surface area contributed by atoms with E-state index < -0.39 is 0 Å². The first-order chi connectivity index (χ1) is 17.1. The maximum Gasteiger partial charge on any atom is 0.410 e. The highest BCUT2D eigenvalue weighted by Crippen LogP contribution is 2.33. The fourth-order valence-electron chi connectivity index (χ4n) is 5.12. The van der Waals surface area contributed by atoms with E-state index >= 15 is 0 Å². The minimum Gasteiger partial charge on any atom is -0.448 e. The molecular weight excluding hydrogens is 442 g/mol. The molecule has 1 aliphatic heterocycles. The molecule has 2 fully saturated rings. The topological polar surface area (TPSA) is 91.0 Å². The number of carbonyl (C=O) groups is 1. The molecule has 0 bridgehead atoms. The van der Waals surface area contributed by atoms with Gasteiger partial charge >= 0.3 is 6.09 Å². The van der Waals surface area contributed by atoms with E-state index in [9.17, 15) is 4.79 Å². The van der Waals surface area contributed by atoms with Crippen LogP contribution in [0.5, 0.6) is 0 Å². The average molecular weight is 470 g/mol. The Morgan fingerprint density at radius 2 is 1.66 bits per heavy atom. The number of cyclic esters (lactones) is 1. The highest BCUT2D eigenvalue weighted by Gasteiger charge is 2.34. The van der Waals surface area contributed by atoms with E-state index in [-0.39, 0.29) is 18.2 Å². The molecule has 1 aliphatic carbocycles. The summed E-state index contributed by atoms with van der Waals surface area (Å²) < 4.78 is 8.97. The molecule has 35 heavy (non-hydrogen) atoms. The van der Waals surface area contributed by atoms with E-state index in [1.807, 2.05) is 59.7 Å². The number of rotatable bonds is 5. The van der Waals surface area contributed by atoms with Crippen LogP contribution in [0.2, 0.25) is 0 Å². The molecule has 4 heterocycles. The standard InChI is InChI=1S/C26H27N7O2/c1-31-16-21(14-29-31)18-4-2-5-19(10-18)25-27-12-20(13-28-25)22-15-30-33(17-22)24-7-3-6-23(11-24)32-8-9-35-26(32)34/h2,4-5,10,12-17,23-24H,3,6-9,11H2,1H3/t23-,24+/m1/s1. The smallest absolute Gasteiger partial charge is 0.410 e. The summed E-state index contributed by atoms with van der Waals surface area (Å²) in [4.78, 5) is 23.1. The predicted octanol–water partition coefficient (Wildman–Crippen LogP) is 4.34. The summed E-state index contributed by atoms with van der Waals surface area (Å²) in [6.07, 6.45) is 15.4. The molecule has 178 valence electrons. The Bertz CT molecular complexity index is 1340. The first kappa shape index (κ1) is 21.5. The van der Waals surface area contributed by atoms with Gasteiger partial charge in [0.25, 0.3) is 0 Å². The maximum atomic E-state index is 12.0.